The summed E-state index contributed by atoms with van der Waals surface area (Å²) in [6.07, 6.45) is -16.4. The Balaban J connectivity index is 1.54. The number of aliphatic hydroxyl groups is 3. The maximum Gasteiger partial charge on any atom is 0.305 e. The zero-order valence-electron chi connectivity index (χ0n) is 30.1. The number of ether oxygens (including phenoxy) is 8. The van der Waals surface area contributed by atoms with Crippen LogP contribution in [0.3, 0.4) is 0 Å². The standard InChI is InChI=1S/C35H38O21/c1-12-27(50-13(2)36)30(51-14(3)37)31(52-15(4)38)34(49-12)48-11-23-35(47,56-16(5)39)32(46)26(45)33(54-23)55-29-25(44)24-21(43)9-18(40)10-22(24)53-28(29)17-6-7-19(41)20(42)8-17/h6-10,12,23,26-27,30-34,40-43,45-47H,11H2,1-5H3/t12-,23+,26+,27-,30+,31+,32+,33-,34+,35+/m0/s1. The van der Waals surface area contributed by atoms with Crippen LogP contribution in [0.25, 0.3) is 22.3 Å². The van der Waals surface area contributed by atoms with E-state index in [0.29, 0.717) is 0 Å². The molecule has 0 amide bonds. The molecule has 2 fully saturated rings. The second-order valence-corrected chi connectivity index (χ2v) is 12.8. The van der Waals surface area contributed by atoms with Crippen molar-refractivity contribution in [1.82, 2.24) is 0 Å². The van der Waals surface area contributed by atoms with Crippen molar-refractivity contribution in [3.05, 3.63) is 40.6 Å². The number of aliphatic hydroxyl groups excluding tert-OH is 2. The van der Waals surface area contributed by atoms with E-state index in [2.05, 4.69) is 0 Å². The summed E-state index contributed by atoms with van der Waals surface area (Å²) < 4.78 is 49.9. The maximum atomic E-state index is 13.9. The summed E-state index contributed by atoms with van der Waals surface area (Å²) in [7, 11) is 0. The normalized spacial score (nSPS) is 28.9. The minimum absolute atomic E-state index is 0.131. The van der Waals surface area contributed by atoms with E-state index in [0.717, 1.165) is 52.0 Å². The van der Waals surface area contributed by atoms with Crippen molar-refractivity contribution in [3.8, 4) is 40.1 Å². The molecule has 0 bridgehead atoms. The van der Waals surface area contributed by atoms with Crippen molar-refractivity contribution in [2.45, 2.75) is 95.7 Å². The average molecular weight is 795 g/mol. The number of carbonyl (C=O) groups excluding carboxylic acids is 4. The van der Waals surface area contributed by atoms with Gasteiger partial charge in [0, 0.05) is 45.4 Å². The molecule has 3 heterocycles. The lowest BCUT2D eigenvalue weighted by atomic mass is 9.94. The van der Waals surface area contributed by atoms with Gasteiger partial charge in [0.25, 0.3) is 5.79 Å². The molecule has 2 aromatic carbocycles. The van der Waals surface area contributed by atoms with Crippen LogP contribution in [0, 0.1) is 0 Å². The number of aromatic hydroxyl groups is 4. The zero-order chi connectivity index (χ0) is 41.4. The number of rotatable bonds is 10. The Labute approximate surface area is 315 Å². The van der Waals surface area contributed by atoms with Crippen LogP contribution in [0.15, 0.2) is 39.5 Å². The first-order valence-electron chi connectivity index (χ1n) is 16.7. The van der Waals surface area contributed by atoms with Gasteiger partial charge in [0.2, 0.25) is 17.5 Å². The van der Waals surface area contributed by atoms with Crippen LogP contribution < -0.4 is 10.2 Å². The number of hydrogen-bond donors (Lipinski definition) is 7. The molecule has 56 heavy (non-hydrogen) atoms. The lowest BCUT2D eigenvalue weighted by Gasteiger charge is -2.47. The van der Waals surface area contributed by atoms with Crippen molar-refractivity contribution in [1.29, 1.82) is 0 Å². The van der Waals surface area contributed by atoms with Crippen LogP contribution in [0.2, 0.25) is 0 Å². The molecule has 10 atom stereocenters. The van der Waals surface area contributed by atoms with Gasteiger partial charge >= 0.3 is 23.9 Å². The number of phenolic OH excluding ortho intramolecular Hbond substituents is 4. The van der Waals surface area contributed by atoms with Crippen molar-refractivity contribution in [3.63, 3.8) is 0 Å². The Bertz CT molecular complexity index is 2060. The minimum Gasteiger partial charge on any atom is -0.508 e. The number of esters is 4. The van der Waals surface area contributed by atoms with Crippen molar-refractivity contribution in [2.24, 2.45) is 0 Å². The molecule has 3 aromatic rings. The monoisotopic (exact) mass is 794 g/mol. The molecule has 0 unspecified atom stereocenters. The number of carbonyl (C=O) groups is 4. The molecule has 5 rings (SSSR count). The lowest BCUT2D eigenvalue weighted by Crippen LogP contribution is -2.70. The predicted octanol–water partition coefficient (Wildman–Crippen LogP) is -0.0839. The van der Waals surface area contributed by atoms with Crippen molar-refractivity contribution in [2.75, 3.05) is 6.61 Å². The number of fused-ring (bicyclic) bond motifs is 1. The summed E-state index contributed by atoms with van der Waals surface area (Å²) in [5.74, 6) is -10.8. The molecule has 0 spiro atoms. The fraction of sp³-hybridized carbons (Fsp3) is 0.457. The Morgan fingerprint density at radius 3 is 2.00 bits per heavy atom. The predicted molar refractivity (Wildman–Crippen MR) is 180 cm³/mol. The fourth-order valence-corrected chi connectivity index (χ4v) is 6.17. The molecular formula is C35H38O21. The summed E-state index contributed by atoms with van der Waals surface area (Å²) in [6.45, 7) is 4.39. The number of hydrogen-bond acceptors (Lipinski definition) is 21. The molecule has 2 saturated heterocycles. The average Bonchev–Trinajstić information content (AvgIpc) is 3.08. The quantitative estimate of drug-likeness (QED) is 0.0610. The highest BCUT2D eigenvalue weighted by Crippen LogP contribution is 2.41. The fourth-order valence-electron chi connectivity index (χ4n) is 6.17. The molecule has 0 radical (unpaired) electrons. The summed E-state index contributed by atoms with van der Waals surface area (Å²) in [6, 6.07) is 4.95. The van der Waals surface area contributed by atoms with E-state index >= 15 is 0 Å². The highest BCUT2D eigenvalue weighted by atomic mass is 16.8. The van der Waals surface area contributed by atoms with Crippen LogP contribution >= 0.6 is 0 Å². The Morgan fingerprint density at radius 1 is 0.768 bits per heavy atom. The summed E-state index contributed by atoms with van der Waals surface area (Å²) >= 11 is 0. The highest BCUT2D eigenvalue weighted by Gasteiger charge is 2.60. The number of phenols is 4. The molecule has 21 heteroatoms. The third kappa shape index (κ3) is 8.41. The molecule has 7 N–H and O–H groups in total. The van der Waals surface area contributed by atoms with Crippen LogP contribution in [0.4, 0.5) is 0 Å². The lowest BCUT2D eigenvalue weighted by molar-refractivity contribution is -0.385. The highest BCUT2D eigenvalue weighted by molar-refractivity contribution is 5.88. The van der Waals surface area contributed by atoms with Gasteiger partial charge in [0.15, 0.2) is 54.1 Å². The van der Waals surface area contributed by atoms with Gasteiger partial charge in [-0.1, -0.05) is 0 Å². The molecule has 1 aromatic heterocycles. The molecule has 21 nitrogen and oxygen atoms in total. The van der Waals surface area contributed by atoms with Crippen LogP contribution in [-0.4, -0.2) is 127 Å². The van der Waals surface area contributed by atoms with E-state index in [4.69, 9.17) is 42.3 Å². The van der Waals surface area contributed by atoms with Crippen LogP contribution in [-0.2, 0) is 52.3 Å². The molecule has 2 aliphatic rings. The summed E-state index contributed by atoms with van der Waals surface area (Å²) in [4.78, 5) is 62.2. The van der Waals surface area contributed by atoms with E-state index < -0.39 is 137 Å². The van der Waals surface area contributed by atoms with Crippen LogP contribution in [0.5, 0.6) is 28.7 Å². The van der Waals surface area contributed by atoms with E-state index in [-0.39, 0.29) is 11.1 Å². The van der Waals surface area contributed by atoms with E-state index in [1.165, 1.54) is 13.0 Å². The summed E-state index contributed by atoms with van der Waals surface area (Å²) in [5.41, 5.74) is -1.65. The smallest absolute Gasteiger partial charge is 0.305 e. The van der Waals surface area contributed by atoms with Gasteiger partial charge in [-0.15, -0.1) is 0 Å². The van der Waals surface area contributed by atoms with Gasteiger partial charge in [-0.25, -0.2) is 0 Å². The summed E-state index contributed by atoms with van der Waals surface area (Å²) in [5, 5.41) is 74.0. The van der Waals surface area contributed by atoms with Gasteiger partial charge in [0.05, 0.1) is 12.7 Å². The first-order valence-corrected chi connectivity index (χ1v) is 16.7. The SMILES string of the molecule is CC(=O)O[C@@H]1[C@@H](OC(C)=O)[C@H](C)O[C@@H](OC[C@H]2O[C@@H](Oc3c(-c4ccc(O)c(O)c4)oc4cc(O)cc(O)c4c3=O)[C@H](O)[C@@H](O)[C@]2(O)OC(C)=O)[C@@H]1OC(C)=O. The maximum absolute atomic E-state index is 13.9. The topological polar surface area (TPSA) is 314 Å². The van der Waals surface area contributed by atoms with E-state index in [1.807, 2.05) is 0 Å². The van der Waals surface area contributed by atoms with Crippen molar-refractivity contribution >= 4 is 34.8 Å². The van der Waals surface area contributed by atoms with Gasteiger partial charge in [0.1, 0.15) is 28.6 Å². The second kappa shape index (κ2) is 16.2. The third-order valence-corrected chi connectivity index (χ3v) is 8.53. The van der Waals surface area contributed by atoms with Gasteiger partial charge in [-0.05, 0) is 25.1 Å². The molecule has 0 saturated carbocycles. The first-order chi connectivity index (χ1) is 26.2. The van der Waals surface area contributed by atoms with Gasteiger partial charge in [-0.3, -0.25) is 24.0 Å². The second-order valence-electron chi connectivity index (χ2n) is 12.8. The van der Waals surface area contributed by atoms with E-state index in [1.54, 1.807) is 0 Å². The molecule has 0 aliphatic carbocycles. The minimum atomic E-state index is -3.13. The third-order valence-electron chi connectivity index (χ3n) is 8.53. The van der Waals surface area contributed by atoms with Gasteiger partial charge < -0.3 is 78.1 Å². The van der Waals surface area contributed by atoms with Crippen molar-refractivity contribution < 1.29 is 97.2 Å². The van der Waals surface area contributed by atoms with Gasteiger partial charge in [-0.2, -0.15) is 0 Å². The first kappa shape index (κ1) is 41.5. The molecular weight excluding hydrogens is 756 g/mol. The Morgan fingerprint density at radius 2 is 1.39 bits per heavy atom. The van der Waals surface area contributed by atoms with Crippen LogP contribution in [0.1, 0.15) is 34.6 Å². The largest absolute Gasteiger partial charge is 0.508 e. The molecule has 2 aliphatic heterocycles. The number of benzene rings is 2. The Hall–Kier alpha value is -5.71. The van der Waals surface area contributed by atoms with E-state index in [9.17, 15) is 59.7 Å². The Kier molecular flexibility index (Phi) is 12.0. The zero-order valence-corrected chi connectivity index (χ0v) is 30.1. The molecule has 304 valence electrons.